The highest BCUT2D eigenvalue weighted by atomic mass is 16.5. The van der Waals surface area contributed by atoms with E-state index in [4.69, 9.17) is 4.74 Å². The first-order valence-corrected chi connectivity index (χ1v) is 8.02. The largest absolute Gasteiger partial charge is 0.507 e. The number of ether oxygens (including phenoxy) is 1. The number of aryl methyl sites for hydroxylation is 1. The lowest BCUT2D eigenvalue weighted by atomic mass is 9.98. The van der Waals surface area contributed by atoms with Gasteiger partial charge < -0.3 is 14.8 Å². The van der Waals surface area contributed by atoms with Crippen LogP contribution >= 0.6 is 0 Å². The highest BCUT2D eigenvalue weighted by Gasteiger charge is 2.14. The van der Waals surface area contributed by atoms with Crippen molar-refractivity contribution in [2.24, 2.45) is 0 Å². The Bertz CT molecular complexity index is 1030. The van der Waals surface area contributed by atoms with Gasteiger partial charge in [0.15, 0.2) is 0 Å². The van der Waals surface area contributed by atoms with Crippen molar-refractivity contribution in [1.29, 1.82) is 0 Å². The molecule has 0 amide bonds. The third-order valence-corrected chi connectivity index (χ3v) is 4.58. The fourth-order valence-corrected chi connectivity index (χ4v) is 3.33. The highest BCUT2D eigenvalue weighted by molar-refractivity contribution is 6.11. The summed E-state index contributed by atoms with van der Waals surface area (Å²) in [6.07, 6.45) is 0.800. The zero-order valence-electron chi connectivity index (χ0n) is 13.8. The van der Waals surface area contributed by atoms with E-state index in [2.05, 4.69) is 23.2 Å². The van der Waals surface area contributed by atoms with Gasteiger partial charge in [0.25, 0.3) is 0 Å². The number of phenolic OH excluding ortho intramolecular Hbond substituents is 1. The molecule has 0 aliphatic rings. The number of rotatable bonds is 3. The van der Waals surface area contributed by atoms with Crippen LogP contribution in [0.4, 0.5) is 0 Å². The number of aromatic nitrogens is 1. The molecule has 3 heteroatoms. The predicted molar refractivity (Wildman–Crippen MR) is 98.0 cm³/mol. The molecule has 0 aliphatic heterocycles. The number of aromatic amines is 1. The van der Waals surface area contributed by atoms with Crippen molar-refractivity contribution >= 4 is 21.8 Å². The number of methoxy groups -OCH3 is 1. The van der Waals surface area contributed by atoms with Crippen LogP contribution in [0.5, 0.6) is 11.5 Å². The van der Waals surface area contributed by atoms with Crippen LogP contribution in [0.15, 0.2) is 54.6 Å². The Labute approximate surface area is 140 Å². The van der Waals surface area contributed by atoms with Crippen LogP contribution < -0.4 is 4.74 Å². The van der Waals surface area contributed by atoms with Gasteiger partial charge in [0, 0.05) is 16.3 Å². The lowest BCUT2D eigenvalue weighted by Gasteiger charge is -2.09. The molecule has 0 aliphatic carbocycles. The molecule has 2 N–H and O–H groups in total. The minimum Gasteiger partial charge on any atom is -0.507 e. The van der Waals surface area contributed by atoms with Gasteiger partial charge in [0.1, 0.15) is 11.5 Å². The van der Waals surface area contributed by atoms with E-state index < -0.39 is 0 Å². The molecule has 4 rings (SSSR count). The van der Waals surface area contributed by atoms with Gasteiger partial charge in [0.2, 0.25) is 0 Å². The molecule has 0 saturated carbocycles. The molecule has 0 bridgehead atoms. The van der Waals surface area contributed by atoms with Gasteiger partial charge in [-0.2, -0.15) is 0 Å². The zero-order valence-corrected chi connectivity index (χ0v) is 13.8. The van der Waals surface area contributed by atoms with E-state index in [0.29, 0.717) is 5.75 Å². The molecule has 3 nitrogen and oxygen atoms in total. The van der Waals surface area contributed by atoms with Crippen molar-refractivity contribution in [2.45, 2.75) is 13.3 Å². The van der Waals surface area contributed by atoms with Gasteiger partial charge in [-0.05, 0) is 54.3 Å². The van der Waals surface area contributed by atoms with Crippen LogP contribution in [0.1, 0.15) is 16.7 Å². The van der Waals surface area contributed by atoms with Crippen molar-refractivity contribution in [3.8, 4) is 11.5 Å². The topological polar surface area (TPSA) is 45.2 Å². The summed E-state index contributed by atoms with van der Waals surface area (Å²) in [6, 6.07) is 18.3. The van der Waals surface area contributed by atoms with Gasteiger partial charge in [-0.15, -0.1) is 0 Å². The van der Waals surface area contributed by atoms with E-state index in [9.17, 15) is 5.11 Å². The number of phenols is 1. The molecule has 0 radical (unpaired) electrons. The molecule has 0 spiro atoms. The smallest absolute Gasteiger partial charge is 0.128 e. The van der Waals surface area contributed by atoms with Crippen molar-refractivity contribution < 1.29 is 9.84 Å². The van der Waals surface area contributed by atoms with Crippen molar-refractivity contribution in [2.75, 3.05) is 7.11 Å². The van der Waals surface area contributed by atoms with Crippen LogP contribution in [0.3, 0.4) is 0 Å². The van der Waals surface area contributed by atoms with E-state index in [1.807, 2.05) is 43.3 Å². The van der Waals surface area contributed by atoms with Crippen LogP contribution in [0.2, 0.25) is 0 Å². The number of aromatic hydroxyl groups is 1. The SMILES string of the molecule is COc1ccc(Cc2cc(C)c(O)c3c2[nH]c2ccccc23)cc1. The molecule has 0 unspecified atom stereocenters. The Morgan fingerprint density at radius 2 is 1.79 bits per heavy atom. The Balaban J connectivity index is 1.89. The highest BCUT2D eigenvalue weighted by Crippen LogP contribution is 2.37. The van der Waals surface area contributed by atoms with Crippen molar-refractivity contribution in [3.05, 3.63) is 71.3 Å². The fraction of sp³-hybridized carbons (Fsp3) is 0.143. The molecule has 0 atom stereocenters. The Kier molecular flexibility index (Phi) is 3.42. The van der Waals surface area contributed by atoms with Crippen molar-refractivity contribution in [1.82, 2.24) is 4.98 Å². The maximum Gasteiger partial charge on any atom is 0.128 e. The van der Waals surface area contributed by atoms with Gasteiger partial charge >= 0.3 is 0 Å². The molecule has 0 saturated heterocycles. The Morgan fingerprint density at radius 3 is 2.54 bits per heavy atom. The lowest BCUT2D eigenvalue weighted by Crippen LogP contribution is -1.92. The van der Waals surface area contributed by atoms with Crippen LogP contribution in [-0.2, 0) is 6.42 Å². The standard InChI is InChI=1S/C21H19NO2/c1-13-11-15(12-14-7-9-16(24-2)10-8-14)20-19(21(13)23)17-5-3-4-6-18(17)22-20/h3-11,22-23H,12H2,1-2H3. The quantitative estimate of drug-likeness (QED) is 0.562. The summed E-state index contributed by atoms with van der Waals surface area (Å²) in [5.41, 5.74) is 5.35. The number of benzene rings is 3. The second kappa shape index (κ2) is 5.60. The summed E-state index contributed by atoms with van der Waals surface area (Å²) in [7, 11) is 1.67. The molecule has 0 fully saturated rings. The summed E-state index contributed by atoms with van der Waals surface area (Å²) < 4.78 is 5.23. The zero-order chi connectivity index (χ0) is 16.7. The third-order valence-electron chi connectivity index (χ3n) is 4.58. The number of fused-ring (bicyclic) bond motifs is 3. The monoisotopic (exact) mass is 317 g/mol. The second-order valence-corrected chi connectivity index (χ2v) is 6.15. The predicted octanol–water partition coefficient (Wildman–Crippen LogP) is 4.93. The maximum absolute atomic E-state index is 10.6. The first kappa shape index (κ1) is 14.6. The normalized spacial score (nSPS) is 11.2. The minimum atomic E-state index is 0.362. The maximum atomic E-state index is 10.6. The van der Waals surface area contributed by atoms with Crippen LogP contribution in [0, 0.1) is 6.92 Å². The summed E-state index contributed by atoms with van der Waals surface area (Å²) in [6.45, 7) is 1.95. The number of nitrogens with one attached hydrogen (secondary N) is 1. The summed E-state index contributed by atoms with van der Waals surface area (Å²) in [5.74, 6) is 1.22. The van der Waals surface area contributed by atoms with Gasteiger partial charge in [-0.25, -0.2) is 0 Å². The molecule has 24 heavy (non-hydrogen) atoms. The Hall–Kier alpha value is -2.94. The minimum absolute atomic E-state index is 0.362. The second-order valence-electron chi connectivity index (χ2n) is 6.15. The average molecular weight is 317 g/mol. The van der Waals surface area contributed by atoms with Gasteiger partial charge in [-0.3, -0.25) is 0 Å². The van der Waals surface area contributed by atoms with E-state index in [-0.39, 0.29) is 0 Å². The first-order valence-electron chi connectivity index (χ1n) is 8.02. The molecule has 120 valence electrons. The molecule has 4 aromatic rings. The van der Waals surface area contributed by atoms with Gasteiger partial charge in [-0.1, -0.05) is 30.3 Å². The van der Waals surface area contributed by atoms with Crippen molar-refractivity contribution in [3.63, 3.8) is 0 Å². The number of para-hydroxylation sites is 1. The summed E-state index contributed by atoms with van der Waals surface area (Å²) >= 11 is 0. The van der Waals surface area contributed by atoms with Crippen LogP contribution in [0.25, 0.3) is 21.8 Å². The van der Waals surface area contributed by atoms with E-state index in [1.165, 1.54) is 11.1 Å². The average Bonchev–Trinajstić information content (AvgIpc) is 3.00. The van der Waals surface area contributed by atoms with E-state index >= 15 is 0 Å². The lowest BCUT2D eigenvalue weighted by molar-refractivity contribution is 0.414. The fourth-order valence-electron chi connectivity index (χ4n) is 3.33. The van der Waals surface area contributed by atoms with E-state index in [1.54, 1.807) is 7.11 Å². The molecule has 1 heterocycles. The Morgan fingerprint density at radius 1 is 1.04 bits per heavy atom. The number of hydrogen-bond donors (Lipinski definition) is 2. The molecule has 3 aromatic carbocycles. The third kappa shape index (κ3) is 2.29. The molecular weight excluding hydrogens is 298 g/mol. The summed E-state index contributed by atoms with van der Waals surface area (Å²) in [4.78, 5) is 3.47. The summed E-state index contributed by atoms with van der Waals surface area (Å²) in [5, 5.41) is 12.5. The number of H-pyrrole nitrogens is 1. The first-order chi connectivity index (χ1) is 11.7. The number of hydrogen-bond acceptors (Lipinski definition) is 2. The molecular formula is C21H19NO2. The van der Waals surface area contributed by atoms with Crippen LogP contribution in [-0.4, -0.2) is 17.2 Å². The van der Waals surface area contributed by atoms with E-state index in [0.717, 1.165) is 39.5 Å². The van der Waals surface area contributed by atoms with Gasteiger partial charge in [0.05, 0.1) is 12.6 Å². The molecule has 1 aromatic heterocycles.